The average Bonchev–Trinajstić information content (AvgIpc) is 2.73. The van der Waals surface area contributed by atoms with E-state index in [1.54, 1.807) is 36.5 Å². The summed E-state index contributed by atoms with van der Waals surface area (Å²) in [5.74, 6) is -0.466. The number of halogens is 1. The second kappa shape index (κ2) is 9.29. The molecule has 0 aliphatic heterocycles. The Morgan fingerprint density at radius 3 is 2.73 bits per heavy atom. The summed E-state index contributed by atoms with van der Waals surface area (Å²) in [4.78, 5) is 37.0. The van der Waals surface area contributed by atoms with E-state index in [0.29, 0.717) is 32.9 Å². The SMILES string of the molecule is C=NC(=C\C=C/C)/C=C/C(=O)c1c(-c2cc(C)ccn2)c2cc(Cl)ccc2[nH]c1=O. The number of pyridine rings is 2. The first kappa shape index (κ1) is 21.1. The lowest BCUT2D eigenvalue weighted by molar-refractivity contribution is 0.104. The molecular formula is C24H20ClN3O2. The number of aliphatic imine (C=N–C) groups is 1. The Labute approximate surface area is 179 Å². The van der Waals surface area contributed by atoms with Gasteiger partial charge in [0.2, 0.25) is 0 Å². The maximum Gasteiger partial charge on any atom is 0.260 e. The molecule has 0 aliphatic rings. The smallest absolute Gasteiger partial charge is 0.260 e. The molecule has 0 saturated carbocycles. The van der Waals surface area contributed by atoms with E-state index in [1.807, 2.05) is 32.1 Å². The fraction of sp³-hybridized carbons (Fsp3) is 0.0833. The van der Waals surface area contributed by atoms with E-state index in [4.69, 9.17) is 11.6 Å². The molecule has 30 heavy (non-hydrogen) atoms. The highest BCUT2D eigenvalue weighted by Crippen LogP contribution is 2.31. The molecule has 0 radical (unpaired) electrons. The van der Waals surface area contributed by atoms with Crippen molar-refractivity contribution in [1.29, 1.82) is 0 Å². The van der Waals surface area contributed by atoms with Crippen LogP contribution in [0.5, 0.6) is 0 Å². The number of hydrogen-bond donors (Lipinski definition) is 1. The summed E-state index contributed by atoms with van der Waals surface area (Å²) in [7, 11) is 0. The van der Waals surface area contributed by atoms with Crippen molar-refractivity contribution < 1.29 is 4.79 Å². The second-order valence-corrected chi connectivity index (χ2v) is 7.02. The van der Waals surface area contributed by atoms with Crippen LogP contribution in [0.25, 0.3) is 22.2 Å². The van der Waals surface area contributed by atoms with E-state index in [-0.39, 0.29) is 5.56 Å². The second-order valence-electron chi connectivity index (χ2n) is 6.59. The van der Waals surface area contributed by atoms with Gasteiger partial charge in [-0.3, -0.25) is 19.6 Å². The van der Waals surface area contributed by atoms with Crippen molar-refractivity contribution in [3.8, 4) is 11.3 Å². The number of allylic oxidation sites excluding steroid dienone is 5. The van der Waals surface area contributed by atoms with Crippen LogP contribution >= 0.6 is 11.6 Å². The highest BCUT2D eigenvalue weighted by atomic mass is 35.5. The van der Waals surface area contributed by atoms with Crippen molar-refractivity contribution in [3.63, 3.8) is 0 Å². The van der Waals surface area contributed by atoms with Gasteiger partial charge in [0.1, 0.15) is 0 Å². The Morgan fingerprint density at radius 2 is 2.03 bits per heavy atom. The number of aryl methyl sites for hydroxylation is 1. The van der Waals surface area contributed by atoms with Crippen molar-refractivity contribution in [2.24, 2.45) is 4.99 Å². The zero-order valence-electron chi connectivity index (χ0n) is 16.6. The van der Waals surface area contributed by atoms with Gasteiger partial charge in [0.25, 0.3) is 5.56 Å². The lowest BCUT2D eigenvalue weighted by Crippen LogP contribution is -2.19. The highest BCUT2D eigenvalue weighted by Gasteiger charge is 2.20. The van der Waals surface area contributed by atoms with E-state index in [1.165, 1.54) is 12.2 Å². The van der Waals surface area contributed by atoms with Gasteiger partial charge in [-0.2, -0.15) is 0 Å². The van der Waals surface area contributed by atoms with Gasteiger partial charge in [-0.05, 0) is 74.7 Å². The molecule has 0 spiro atoms. The Bertz CT molecular complexity index is 1280. The van der Waals surface area contributed by atoms with Gasteiger partial charge in [0.05, 0.1) is 17.0 Å². The Morgan fingerprint density at radius 1 is 1.23 bits per heavy atom. The first-order valence-corrected chi connectivity index (χ1v) is 9.63. The van der Waals surface area contributed by atoms with E-state index in [2.05, 4.69) is 21.7 Å². The predicted molar refractivity (Wildman–Crippen MR) is 123 cm³/mol. The summed E-state index contributed by atoms with van der Waals surface area (Å²) in [5.41, 5.74) is 2.49. The first-order valence-electron chi connectivity index (χ1n) is 9.25. The van der Waals surface area contributed by atoms with Crippen molar-refractivity contribution in [3.05, 3.63) is 99.1 Å². The van der Waals surface area contributed by atoms with Crippen molar-refractivity contribution in [2.45, 2.75) is 13.8 Å². The fourth-order valence-corrected chi connectivity index (χ4v) is 3.21. The number of benzene rings is 1. The monoisotopic (exact) mass is 417 g/mol. The van der Waals surface area contributed by atoms with Crippen LogP contribution in [-0.4, -0.2) is 22.5 Å². The van der Waals surface area contributed by atoms with Gasteiger partial charge in [0.15, 0.2) is 5.78 Å². The number of carbonyl (C=O) groups is 1. The molecule has 1 N–H and O–H groups in total. The van der Waals surface area contributed by atoms with Crippen molar-refractivity contribution in [1.82, 2.24) is 9.97 Å². The molecule has 0 aliphatic carbocycles. The fourth-order valence-electron chi connectivity index (χ4n) is 3.04. The van der Waals surface area contributed by atoms with Crippen LogP contribution in [0.2, 0.25) is 5.02 Å². The lowest BCUT2D eigenvalue weighted by Gasteiger charge is -2.11. The molecular weight excluding hydrogens is 398 g/mol. The van der Waals surface area contributed by atoms with Gasteiger partial charge in [-0.15, -0.1) is 0 Å². The molecule has 0 unspecified atom stereocenters. The van der Waals surface area contributed by atoms with E-state index in [0.717, 1.165) is 5.56 Å². The Balaban J connectivity index is 2.27. The van der Waals surface area contributed by atoms with Crippen LogP contribution < -0.4 is 5.56 Å². The Kier molecular flexibility index (Phi) is 6.54. The van der Waals surface area contributed by atoms with Gasteiger partial charge in [0, 0.05) is 27.7 Å². The maximum absolute atomic E-state index is 13.1. The minimum absolute atomic E-state index is 0.00596. The molecule has 1 aromatic carbocycles. The number of rotatable bonds is 6. The zero-order chi connectivity index (χ0) is 21.7. The average molecular weight is 418 g/mol. The lowest BCUT2D eigenvalue weighted by atomic mass is 9.96. The number of hydrogen-bond acceptors (Lipinski definition) is 4. The largest absolute Gasteiger partial charge is 0.321 e. The molecule has 0 atom stereocenters. The summed E-state index contributed by atoms with van der Waals surface area (Å²) in [6.45, 7) is 7.29. The number of ketones is 1. The number of aromatic nitrogens is 2. The number of nitrogens with zero attached hydrogens (tertiary/aromatic N) is 2. The topological polar surface area (TPSA) is 75.2 Å². The molecule has 3 aromatic rings. The molecule has 0 amide bonds. The zero-order valence-corrected chi connectivity index (χ0v) is 17.4. The summed E-state index contributed by atoms with van der Waals surface area (Å²) >= 11 is 6.21. The number of carbonyl (C=O) groups excluding carboxylic acids is 1. The number of H-pyrrole nitrogens is 1. The minimum atomic E-state index is -0.497. The van der Waals surface area contributed by atoms with Crippen LogP contribution in [0.15, 0.2) is 82.4 Å². The maximum atomic E-state index is 13.1. The number of nitrogens with one attached hydrogen (secondary N) is 1. The van der Waals surface area contributed by atoms with E-state index < -0.39 is 11.3 Å². The number of aromatic amines is 1. The molecule has 2 heterocycles. The Hall–Kier alpha value is -3.57. The predicted octanol–water partition coefficient (Wildman–Crippen LogP) is 5.45. The van der Waals surface area contributed by atoms with Gasteiger partial charge < -0.3 is 4.98 Å². The highest BCUT2D eigenvalue weighted by molar-refractivity contribution is 6.31. The third-order valence-corrected chi connectivity index (χ3v) is 4.68. The molecule has 0 saturated heterocycles. The van der Waals surface area contributed by atoms with Gasteiger partial charge >= 0.3 is 0 Å². The molecule has 5 nitrogen and oxygen atoms in total. The number of fused-ring (bicyclic) bond motifs is 1. The van der Waals surface area contributed by atoms with Crippen molar-refractivity contribution >= 4 is 35.0 Å². The van der Waals surface area contributed by atoms with E-state index in [9.17, 15) is 9.59 Å². The van der Waals surface area contributed by atoms with Gasteiger partial charge in [-0.25, -0.2) is 0 Å². The summed E-state index contributed by atoms with van der Waals surface area (Å²) < 4.78 is 0. The van der Waals surface area contributed by atoms with E-state index >= 15 is 0 Å². The standard InChI is InChI=1S/C24H20ClN3O2/c1-4-5-6-17(26-3)8-10-21(29)23-22(20-13-15(2)11-12-27-20)18-14-16(25)7-9-19(18)28-24(23)30/h4-14H,3H2,1-2H3,(H,28,30)/b5-4-,10-8+,17-6-. The molecule has 6 heteroatoms. The van der Waals surface area contributed by atoms with Crippen LogP contribution in [0.4, 0.5) is 0 Å². The third kappa shape index (κ3) is 4.53. The van der Waals surface area contributed by atoms with Crippen molar-refractivity contribution in [2.75, 3.05) is 0 Å². The van der Waals surface area contributed by atoms with Crippen LogP contribution in [0.3, 0.4) is 0 Å². The molecule has 2 aromatic heterocycles. The molecule has 0 bridgehead atoms. The van der Waals surface area contributed by atoms with Gasteiger partial charge in [-0.1, -0.05) is 23.8 Å². The first-order chi connectivity index (χ1) is 14.4. The quantitative estimate of drug-likeness (QED) is 0.251. The van der Waals surface area contributed by atoms with Crippen LogP contribution in [0.1, 0.15) is 22.8 Å². The summed E-state index contributed by atoms with van der Waals surface area (Å²) in [6.07, 6.45) is 9.80. The molecule has 0 fully saturated rings. The summed E-state index contributed by atoms with van der Waals surface area (Å²) in [6, 6.07) is 8.79. The van der Waals surface area contributed by atoms with Crippen LogP contribution in [0, 0.1) is 6.92 Å². The summed E-state index contributed by atoms with van der Waals surface area (Å²) in [5, 5.41) is 1.13. The molecule has 150 valence electrons. The minimum Gasteiger partial charge on any atom is -0.321 e. The normalized spacial score (nSPS) is 12.2. The molecule has 3 rings (SSSR count). The third-order valence-electron chi connectivity index (χ3n) is 4.44. The van der Waals surface area contributed by atoms with Crippen LogP contribution in [-0.2, 0) is 0 Å².